The summed E-state index contributed by atoms with van der Waals surface area (Å²) in [5, 5.41) is 10.3. The van der Waals surface area contributed by atoms with Crippen molar-refractivity contribution in [3.8, 4) is 16.3 Å². The molecule has 0 atom stereocenters. The molecule has 1 saturated carbocycles. The molecule has 1 aliphatic rings. The fourth-order valence-corrected chi connectivity index (χ4v) is 2.94. The van der Waals surface area contributed by atoms with Crippen LogP contribution in [0.25, 0.3) is 10.6 Å². The minimum absolute atomic E-state index is 0.284. The van der Waals surface area contributed by atoms with Gasteiger partial charge in [-0.15, -0.1) is 11.3 Å². The summed E-state index contributed by atoms with van der Waals surface area (Å²) < 4.78 is 0. The lowest BCUT2D eigenvalue weighted by Crippen LogP contribution is -1.96. The molecular weight excluding hydrogens is 232 g/mol. The Labute approximate surface area is 104 Å². The van der Waals surface area contributed by atoms with Gasteiger partial charge in [0.1, 0.15) is 10.8 Å². The predicted molar refractivity (Wildman–Crippen MR) is 69.1 cm³/mol. The first-order valence-electron chi connectivity index (χ1n) is 5.77. The zero-order valence-corrected chi connectivity index (χ0v) is 10.2. The monoisotopic (exact) mass is 246 g/mol. The van der Waals surface area contributed by atoms with E-state index in [0.717, 1.165) is 10.6 Å². The third-order valence-electron chi connectivity index (χ3n) is 2.99. The summed E-state index contributed by atoms with van der Waals surface area (Å²) in [6.45, 7) is 0.571. The van der Waals surface area contributed by atoms with Gasteiger partial charge in [0, 0.05) is 22.9 Å². The van der Waals surface area contributed by atoms with E-state index in [-0.39, 0.29) is 5.75 Å². The van der Waals surface area contributed by atoms with Crippen molar-refractivity contribution >= 4 is 11.3 Å². The summed E-state index contributed by atoms with van der Waals surface area (Å²) in [5.41, 5.74) is 8.01. The van der Waals surface area contributed by atoms with Crippen molar-refractivity contribution in [2.75, 3.05) is 0 Å². The van der Waals surface area contributed by atoms with Gasteiger partial charge in [-0.2, -0.15) is 0 Å². The van der Waals surface area contributed by atoms with E-state index in [1.807, 2.05) is 12.1 Å². The summed E-state index contributed by atoms with van der Waals surface area (Å²) in [4.78, 5) is 5.90. The Hall–Kier alpha value is -1.39. The third-order valence-corrected chi connectivity index (χ3v) is 4.13. The van der Waals surface area contributed by atoms with Crippen molar-refractivity contribution in [3.63, 3.8) is 0 Å². The quantitative estimate of drug-likeness (QED) is 0.875. The zero-order valence-electron chi connectivity index (χ0n) is 9.39. The van der Waals surface area contributed by atoms with E-state index in [1.165, 1.54) is 23.4 Å². The van der Waals surface area contributed by atoms with Crippen LogP contribution in [0.3, 0.4) is 0 Å². The molecule has 0 saturated heterocycles. The Morgan fingerprint density at radius 3 is 2.59 bits per heavy atom. The van der Waals surface area contributed by atoms with Gasteiger partial charge in [0.25, 0.3) is 0 Å². The van der Waals surface area contributed by atoms with Crippen molar-refractivity contribution in [2.24, 2.45) is 5.73 Å². The molecule has 1 heterocycles. The van der Waals surface area contributed by atoms with Crippen LogP contribution in [0.15, 0.2) is 24.3 Å². The highest BCUT2D eigenvalue weighted by molar-refractivity contribution is 7.15. The molecule has 1 fully saturated rings. The molecule has 3 rings (SSSR count). The molecule has 1 aromatic carbocycles. The van der Waals surface area contributed by atoms with Crippen molar-refractivity contribution in [1.29, 1.82) is 0 Å². The number of rotatable bonds is 3. The normalized spacial score (nSPS) is 15.1. The van der Waals surface area contributed by atoms with Gasteiger partial charge in [-0.25, -0.2) is 4.98 Å². The number of nitrogens with two attached hydrogens (primary N) is 1. The summed E-state index contributed by atoms with van der Waals surface area (Å²) in [6, 6.07) is 7.17. The number of phenols is 1. The highest BCUT2D eigenvalue weighted by atomic mass is 32.1. The number of phenolic OH excluding ortho intramolecular Hbond substituents is 1. The number of aromatic nitrogens is 1. The standard InChI is InChI=1S/C13H14N2OS/c14-7-11-12(8-1-2-8)15-13(17-11)9-3-5-10(16)6-4-9/h3-6,8,16H,1-2,7,14H2. The number of aromatic hydroxyl groups is 1. The molecule has 2 aromatic rings. The highest BCUT2D eigenvalue weighted by Crippen LogP contribution is 2.44. The molecule has 0 aliphatic heterocycles. The second-order valence-electron chi connectivity index (χ2n) is 4.35. The number of nitrogens with zero attached hydrogens (tertiary/aromatic N) is 1. The lowest BCUT2D eigenvalue weighted by Gasteiger charge is -1.95. The van der Waals surface area contributed by atoms with Crippen LogP contribution in [-0.4, -0.2) is 10.1 Å². The Morgan fingerprint density at radius 1 is 1.29 bits per heavy atom. The van der Waals surface area contributed by atoms with Crippen molar-refractivity contribution in [1.82, 2.24) is 4.98 Å². The highest BCUT2D eigenvalue weighted by Gasteiger charge is 2.29. The molecule has 17 heavy (non-hydrogen) atoms. The molecule has 0 spiro atoms. The second kappa shape index (κ2) is 4.13. The first-order chi connectivity index (χ1) is 8.28. The van der Waals surface area contributed by atoms with Crippen LogP contribution in [0.4, 0.5) is 0 Å². The van der Waals surface area contributed by atoms with Gasteiger partial charge in [-0.1, -0.05) is 0 Å². The van der Waals surface area contributed by atoms with E-state index in [2.05, 4.69) is 0 Å². The first kappa shape index (κ1) is 10.7. The zero-order chi connectivity index (χ0) is 11.8. The Kier molecular flexibility index (Phi) is 2.61. The molecule has 1 aliphatic carbocycles. The topological polar surface area (TPSA) is 59.1 Å². The number of hydrogen-bond acceptors (Lipinski definition) is 4. The molecular formula is C13H14N2OS. The molecule has 0 radical (unpaired) electrons. The summed E-state index contributed by atoms with van der Waals surface area (Å²) >= 11 is 1.67. The Morgan fingerprint density at radius 2 is 2.00 bits per heavy atom. The van der Waals surface area contributed by atoms with Crippen molar-refractivity contribution in [3.05, 3.63) is 34.8 Å². The minimum Gasteiger partial charge on any atom is -0.508 e. The van der Waals surface area contributed by atoms with Gasteiger partial charge in [-0.05, 0) is 37.1 Å². The minimum atomic E-state index is 0.284. The molecule has 0 bridgehead atoms. The first-order valence-corrected chi connectivity index (χ1v) is 6.58. The van der Waals surface area contributed by atoms with Gasteiger partial charge < -0.3 is 10.8 Å². The summed E-state index contributed by atoms with van der Waals surface area (Å²) in [7, 11) is 0. The van der Waals surface area contributed by atoms with Crippen LogP contribution in [0.5, 0.6) is 5.75 Å². The molecule has 1 aromatic heterocycles. The van der Waals surface area contributed by atoms with Crippen molar-refractivity contribution < 1.29 is 5.11 Å². The van der Waals surface area contributed by atoms with E-state index in [0.29, 0.717) is 12.5 Å². The van der Waals surface area contributed by atoms with Crippen LogP contribution >= 0.6 is 11.3 Å². The third kappa shape index (κ3) is 2.06. The average molecular weight is 246 g/mol. The van der Waals surface area contributed by atoms with Gasteiger partial charge in [0.2, 0.25) is 0 Å². The van der Waals surface area contributed by atoms with E-state index < -0.39 is 0 Å². The Bertz CT molecular complexity index is 529. The van der Waals surface area contributed by atoms with Crippen LogP contribution in [0.1, 0.15) is 29.3 Å². The van der Waals surface area contributed by atoms with E-state index >= 15 is 0 Å². The maximum absolute atomic E-state index is 9.27. The van der Waals surface area contributed by atoms with Gasteiger partial charge >= 0.3 is 0 Å². The van der Waals surface area contributed by atoms with Crippen molar-refractivity contribution in [2.45, 2.75) is 25.3 Å². The molecule has 3 N–H and O–H groups in total. The maximum Gasteiger partial charge on any atom is 0.123 e. The molecule has 0 amide bonds. The maximum atomic E-state index is 9.27. The summed E-state index contributed by atoms with van der Waals surface area (Å²) in [6.07, 6.45) is 2.48. The van der Waals surface area contributed by atoms with Gasteiger partial charge in [-0.3, -0.25) is 0 Å². The number of thiazole rings is 1. The van der Waals surface area contributed by atoms with Gasteiger partial charge in [0.05, 0.1) is 5.69 Å². The fourth-order valence-electron chi connectivity index (χ4n) is 1.91. The number of hydrogen-bond donors (Lipinski definition) is 2. The smallest absolute Gasteiger partial charge is 0.123 e. The van der Waals surface area contributed by atoms with Crippen LogP contribution in [0.2, 0.25) is 0 Å². The summed E-state index contributed by atoms with van der Waals surface area (Å²) in [5.74, 6) is 0.919. The predicted octanol–water partition coefficient (Wildman–Crippen LogP) is 2.85. The molecule has 0 unspecified atom stereocenters. The van der Waals surface area contributed by atoms with E-state index in [9.17, 15) is 5.11 Å². The lowest BCUT2D eigenvalue weighted by atomic mass is 10.2. The SMILES string of the molecule is NCc1sc(-c2ccc(O)cc2)nc1C1CC1. The van der Waals surface area contributed by atoms with Crippen LogP contribution in [0, 0.1) is 0 Å². The van der Waals surface area contributed by atoms with Crippen LogP contribution < -0.4 is 5.73 Å². The Balaban J connectivity index is 2.00. The average Bonchev–Trinajstić information content (AvgIpc) is 3.10. The van der Waals surface area contributed by atoms with Gasteiger partial charge in [0.15, 0.2) is 0 Å². The lowest BCUT2D eigenvalue weighted by molar-refractivity contribution is 0.475. The molecule has 3 nitrogen and oxygen atoms in total. The number of benzene rings is 1. The molecule has 4 heteroatoms. The van der Waals surface area contributed by atoms with E-state index in [1.54, 1.807) is 23.5 Å². The fraction of sp³-hybridized carbons (Fsp3) is 0.308. The van der Waals surface area contributed by atoms with E-state index in [4.69, 9.17) is 10.7 Å². The molecule has 88 valence electrons. The second-order valence-corrected chi connectivity index (χ2v) is 5.44. The largest absolute Gasteiger partial charge is 0.508 e. The van der Waals surface area contributed by atoms with Crippen LogP contribution in [-0.2, 0) is 6.54 Å².